The molecule has 0 aromatic heterocycles. The van der Waals surface area contributed by atoms with E-state index in [0.717, 1.165) is 31.2 Å². The Morgan fingerprint density at radius 1 is 1.11 bits per heavy atom. The van der Waals surface area contributed by atoms with Crippen LogP contribution in [0.3, 0.4) is 0 Å². The largest absolute Gasteiger partial charge is 0.375 e. The average molecular weight is 266 g/mol. The first-order chi connectivity index (χ1) is 9.33. The van der Waals surface area contributed by atoms with Crippen LogP contribution in [0.4, 0.5) is 0 Å². The number of ether oxygens (including phenoxy) is 1. The van der Waals surface area contributed by atoms with E-state index in [4.69, 9.17) is 4.74 Å². The van der Waals surface area contributed by atoms with Crippen LogP contribution in [0.15, 0.2) is 0 Å². The Hall–Kier alpha value is -0.120. The highest BCUT2D eigenvalue weighted by Gasteiger charge is 2.35. The van der Waals surface area contributed by atoms with Crippen molar-refractivity contribution in [1.82, 2.24) is 10.2 Å². The summed E-state index contributed by atoms with van der Waals surface area (Å²) in [5, 5.41) is 3.79. The first-order valence-corrected chi connectivity index (χ1v) is 8.42. The van der Waals surface area contributed by atoms with Crippen molar-refractivity contribution in [2.24, 2.45) is 5.92 Å². The van der Waals surface area contributed by atoms with Gasteiger partial charge in [-0.3, -0.25) is 4.90 Å². The van der Waals surface area contributed by atoms with Gasteiger partial charge in [0.05, 0.1) is 12.7 Å². The molecule has 1 heterocycles. The summed E-state index contributed by atoms with van der Waals surface area (Å²) in [5.41, 5.74) is 0. The van der Waals surface area contributed by atoms with E-state index in [2.05, 4.69) is 17.1 Å². The predicted octanol–water partition coefficient (Wildman–Crippen LogP) is 2.41. The van der Waals surface area contributed by atoms with Crippen LogP contribution in [0.1, 0.15) is 51.9 Å². The number of hydrogen-bond donors (Lipinski definition) is 1. The molecular formula is C16H30N2O. The molecule has 110 valence electrons. The van der Waals surface area contributed by atoms with E-state index in [9.17, 15) is 0 Å². The van der Waals surface area contributed by atoms with Crippen molar-refractivity contribution in [3.63, 3.8) is 0 Å². The highest BCUT2D eigenvalue weighted by atomic mass is 16.5. The molecule has 3 heteroatoms. The molecule has 3 aliphatic rings. The van der Waals surface area contributed by atoms with Gasteiger partial charge in [0.15, 0.2) is 0 Å². The maximum atomic E-state index is 5.88. The molecule has 0 spiro atoms. The molecule has 2 aliphatic carbocycles. The topological polar surface area (TPSA) is 24.5 Å². The van der Waals surface area contributed by atoms with Crippen LogP contribution in [0, 0.1) is 5.92 Å². The second-order valence-electron chi connectivity index (χ2n) is 6.85. The summed E-state index contributed by atoms with van der Waals surface area (Å²) in [5.74, 6) is 0.955. The van der Waals surface area contributed by atoms with E-state index in [1.165, 1.54) is 58.0 Å². The molecule has 1 N–H and O–H groups in total. The summed E-state index contributed by atoms with van der Waals surface area (Å²) in [7, 11) is 0. The molecule has 3 fully saturated rings. The second kappa shape index (κ2) is 6.55. The van der Waals surface area contributed by atoms with Gasteiger partial charge in [-0.15, -0.1) is 0 Å². The van der Waals surface area contributed by atoms with E-state index >= 15 is 0 Å². The lowest BCUT2D eigenvalue weighted by Crippen LogP contribution is -2.51. The molecule has 1 aliphatic heterocycles. The Morgan fingerprint density at radius 3 is 2.79 bits per heavy atom. The molecule has 0 radical (unpaired) electrons. The predicted molar refractivity (Wildman–Crippen MR) is 78.4 cm³/mol. The van der Waals surface area contributed by atoms with E-state index in [-0.39, 0.29) is 0 Å². The van der Waals surface area contributed by atoms with Crippen molar-refractivity contribution in [2.45, 2.75) is 70.1 Å². The molecule has 3 rings (SSSR count). The number of morpholine rings is 1. The van der Waals surface area contributed by atoms with Crippen LogP contribution in [-0.2, 0) is 4.74 Å². The molecule has 2 saturated carbocycles. The third kappa shape index (κ3) is 3.50. The summed E-state index contributed by atoms with van der Waals surface area (Å²) in [6, 6.07) is 1.51. The van der Waals surface area contributed by atoms with Gasteiger partial charge in [0, 0.05) is 31.7 Å². The third-order valence-corrected chi connectivity index (χ3v) is 5.45. The first kappa shape index (κ1) is 13.8. The Kier molecular flexibility index (Phi) is 4.78. The quantitative estimate of drug-likeness (QED) is 0.845. The minimum atomic E-state index is 0.546. The molecular weight excluding hydrogens is 236 g/mol. The summed E-state index contributed by atoms with van der Waals surface area (Å²) in [6.07, 6.45) is 10.1. The van der Waals surface area contributed by atoms with Crippen LogP contribution < -0.4 is 5.32 Å². The lowest BCUT2D eigenvalue weighted by atomic mass is 9.87. The van der Waals surface area contributed by atoms with Crippen molar-refractivity contribution in [1.29, 1.82) is 0 Å². The number of rotatable bonds is 4. The fourth-order valence-electron chi connectivity index (χ4n) is 4.16. The standard InChI is InChI=1S/C16H30N2O/c1-13-5-7-14(8-6-13)17-9-10-18-11-12-19-16-4-2-3-15(16)18/h13-17H,2-12H2,1H3. The maximum absolute atomic E-state index is 5.88. The van der Waals surface area contributed by atoms with Gasteiger partial charge in [0.2, 0.25) is 0 Å². The summed E-state index contributed by atoms with van der Waals surface area (Å²) < 4.78 is 5.88. The summed E-state index contributed by atoms with van der Waals surface area (Å²) in [4.78, 5) is 2.68. The van der Waals surface area contributed by atoms with E-state index < -0.39 is 0 Å². The van der Waals surface area contributed by atoms with Crippen LogP contribution in [0.25, 0.3) is 0 Å². The summed E-state index contributed by atoms with van der Waals surface area (Å²) in [6.45, 7) is 6.87. The fraction of sp³-hybridized carbons (Fsp3) is 1.00. The van der Waals surface area contributed by atoms with Gasteiger partial charge in [-0.05, 0) is 50.9 Å². The van der Waals surface area contributed by atoms with Crippen LogP contribution in [0.5, 0.6) is 0 Å². The van der Waals surface area contributed by atoms with Crippen LogP contribution in [0.2, 0.25) is 0 Å². The van der Waals surface area contributed by atoms with Gasteiger partial charge in [0.1, 0.15) is 0 Å². The number of fused-ring (bicyclic) bond motifs is 1. The zero-order valence-electron chi connectivity index (χ0n) is 12.4. The zero-order chi connectivity index (χ0) is 13.1. The second-order valence-corrected chi connectivity index (χ2v) is 6.85. The van der Waals surface area contributed by atoms with Crippen molar-refractivity contribution in [3.8, 4) is 0 Å². The molecule has 3 nitrogen and oxygen atoms in total. The van der Waals surface area contributed by atoms with Gasteiger partial charge in [-0.2, -0.15) is 0 Å². The molecule has 2 unspecified atom stereocenters. The normalized spacial score (nSPS) is 40.3. The van der Waals surface area contributed by atoms with Crippen molar-refractivity contribution in [3.05, 3.63) is 0 Å². The molecule has 2 atom stereocenters. The Balaban J connectivity index is 1.37. The third-order valence-electron chi connectivity index (χ3n) is 5.45. The summed E-state index contributed by atoms with van der Waals surface area (Å²) >= 11 is 0. The molecule has 0 aromatic rings. The van der Waals surface area contributed by atoms with Gasteiger partial charge in [-0.1, -0.05) is 6.92 Å². The van der Waals surface area contributed by atoms with Crippen molar-refractivity contribution < 1.29 is 4.74 Å². The first-order valence-electron chi connectivity index (χ1n) is 8.42. The van der Waals surface area contributed by atoms with Crippen LogP contribution >= 0.6 is 0 Å². The minimum absolute atomic E-state index is 0.546. The highest BCUT2D eigenvalue weighted by molar-refractivity contribution is 4.89. The van der Waals surface area contributed by atoms with Crippen LogP contribution in [-0.4, -0.2) is 49.3 Å². The number of nitrogens with zero attached hydrogens (tertiary/aromatic N) is 1. The van der Waals surface area contributed by atoms with Crippen molar-refractivity contribution >= 4 is 0 Å². The lowest BCUT2D eigenvalue weighted by Gasteiger charge is -2.38. The molecule has 0 aromatic carbocycles. The highest BCUT2D eigenvalue weighted by Crippen LogP contribution is 2.29. The molecule has 1 saturated heterocycles. The average Bonchev–Trinajstić information content (AvgIpc) is 2.90. The molecule has 0 amide bonds. The fourth-order valence-corrected chi connectivity index (χ4v) is 4.16. The van der Waals surface area contributed by atoms with Gasteiger partial charge in [-0.25, -0.2) is 0 Å². The Labute approximate surface area is 118 Å². The Morgan fingerprint density at radius 2 is 1.95 bits per heavy atom. The molecule has 19 heavy (non-hydrogen) atoms. The Bertz CT molecular complexity index is 276. The van der Waals surface area contributed by atoms with Gasteiger partial charge >= 0.3 is 0 Å². The SMILES string of the molecule is CC1CCC(NCCN2CCOC3CCCC32)CC1. The minimum Gasteiger partial charge on any atom is -0.375 e. The van der Waals surface area contributed by atoms with Crippen molar-refractivity contribution in [2.75, 3.05) is 26.2 Å². The monoisotopic (exact) mass is 266 g/mol. The number of hydrogen-bond acceptors (Lipinski definition) is 3. The lowest BCUT2D eigenvalue weighted by molar-refractivity contribution is -0.0550. The smallest absolute Gasteiger partial charge is 0.0730 e. The molecule has 0 bridgehead atoms. The van der Waals surface area contributed by atoms with E-state index in [0.29, 0.717) is 6.10 Å². The van der Waals surface area contributed by atoms with Gasteiger partial charge < -0.3 is 10.1 Å². The van der Waals surface area contributed by atoms with E-state index in [1.54, 1.807) is 0 Å². The maximum Gasteiger partial charge on any atom is 0.0730 e. The van der Waals surface area contributed by atoms with E-state index in [1.807, 2.05) is 0 Å². The van der Waals surface area contributed by atoms with Gasteiger partial charge in [0.25, 0.3) is 0 Å². The number of nitrogens with one attached hydrogen (secondary N) is 1. The zero-order valence-corrected chi connectivity index (χ0v) is 12.4.